The third-order valence-electron chi connectivity index (χ3n) is 3.93. The molecule has 0 amide bonds. The Morgan fingerprint density at radius 1 is 1.19 bits per heavy atom. The molecule has 86 valence electrons. The highest BCUT2D eigenvalue weighted by Crippen LogP contribution is 2.45. The molecular weight excluding hydrogens is 205 g/mol. The lowest BCUT2D eigenvalue weighted by molar-refractivity contribution is 0.174. The second kappa shape index (κ2) is 3.74. The van der Waals surface area contributed by atoms with Gasteiger partial charge in [0.2, 0.25) is 0 Å². The van der Waals surface area contributed by atoms with E-state index in [2.05, 4.69) is 5.32 Å². The number of nitrogens with one attached hydrogen (secondary N) is 1. The van der Waals surface area contributed by atoms with E-state index in [-0.39, 0.29) is 11.2 Å². The maximum Gasteiger partial charge on any atom is 0.165 e. The average Bonchev–Trinajstić information content (AvgIpc) is 2.32. The third-order valence-corrected chi connectivity index (χ3v) is 3.93. The van der Waals surface area contributed by atoms with Gasteiger partial charge in [0.25, 0.3) is 0 Å². The van der Waals surface area contributed by atoms with Crippen LogP contribution in [0.5, 0.6) is 5.75 Å². The zero-order chi connectivity index (χ0) is 11.0. The Labute approximate surface area is 94.8 Å². The number of para-hydroxylation sites is 1. The second-order valence-electron chi connectivity index (χ2n) is 4.75. The van der Waals surface area contributed by atoms with E-state index < -0.39 is 0 Å². The molecule has 2 aliphatic heterocycles. The number of halogens is 1. The van der Waals surface area contributed by atoms with Gasteiger partial charge in [-0.1, -0.05) is 12.1 Å². The molecule has 2 nitrogen and oxygen atoms in total. The lowest BCUT2D eigenvalue weighted by Gasteiger charge is -2.42. The third kappa shape index (κ3) is 1.42. The Kier molecular flexibility index (Phi) is 2.36. The van der Waals surface area contributed by atoms with Crippen LogP contribution in [0.1, 0.15) is 24.8 Å². The summed E-state index contributed by atoms with van der Waals surface area (Å²) in [6.07, 6.45) is 3.20. The van der Waals surface area contributed by atoms with Crippen molar-refractivity contribution >= 4 is 0 Å². The van der Waals surface area contributed by atoms with Crippen LogP contribution in [0.25, 0.3) is 0 Å². The molecule has 16 heavy (non-hydrogen) atoms. The summed E-state index contributed by atoms with van der Waals surface area (Å²) in [7, 11) is 0. The molecule has 0 aliphatic carbocycles. The van der Waals surface area contributed by atoms with E-state index in [1.165, 1.54) is 6.07 Å². The molecule has 1 aromatic carbocycles. The Morgan fingerprint density at radius 2 is 2.00 bits per heavy atom. The van der Waals surface area contributed by atoms with Gasteiger partial charge in [0.1, 0.15) is 0 Å². The van der Waals surface area contributed by atoms with Crippen LogP contribution in [0.2, 0.25) is 0 Å². The molecule has 1 fully saturated rings. The zero-order valence-corrected chi connectivity index (χ0v) is 9.26. The average molecular weight is 221 g/mol. The Bertz CT molecular complexity index is 399. The van der Waals surface area contributed by atoms with Crippen LogP contribution in [0, 0.1) is 5.82 Å². The van der Waals surface area contributed by atoms with Gasteiger partial charge in [0, 0.05) is 11.0 Å². The SMILES string of the molecule is Fc1cccc2c1OCCC21CCNCC1. The molecule has 1 aromatic rings. The number of piperidine rings is 1. The Balaban J connectivity index is 2.08. The summed E-state index contributed by atoms with van der Waals surface area (Å²) in [5.74, 6) is 0.283. The summed E-state index contributed by atoms with van der Waals surface area (Å²) in [5.41, 5.74) is 1.24. The van der Waals surface area contributed by atoms with Gasteiger partial charge in [-0.25, -0.2) is 4.39 Å². The predicted molar refractivity (Wildman–Crippen MR) is 60.3 cm³/mol. The smallest absolute Gasteiger partial charge is 0.165 e. The van der Waals surface area contributed by atoms with Crippen LogP contribution < -0.4 is 10.1 Å². The fourth-order valence-corrected chi connectivity index (χ4v) is 2.98. The first kappa shape index (κ1) is 10.1. The predicted octanol–water partition coefficient (Wildman–Crippen LogP) is 2.23. The molecule has 1 spiro atoms. The van der Waals surface area contributed by atoms with Gasteiger partial charge in [0.15, 0.2) is 11.6 Å². The van der Waals surface area contributed by atoms with Crippen molar-refractivity contribution in [2.45, 2.75) is 24.7 Å². The monoisotopic (exact) mass is 221 g/mol. The maximum atomic E-state index is 13.7. The first-order valence-corrected chi connectivity index (χ1v) is 5.94. The number of fused-ring (bicyclic) bond motifs is 2. The Hall–Kier alpha value is -1.09. The first-order valence-electron chi connectivity index (χ1n) is 5.94. The van der Waals surface area contributed by atoms with Crippen molar-refractivity contribution in [2.24, 2.45) is 0 Å². The molecule has 0 atom stereocenters. The van der Waals surface area contributed by atoms with Crippen molar-refractivity contribution in [3.63, 3.8) is 0 Å². The minimum absolute atomic E-state index is 0.154. The number of hydrogen-bond donors (Lipinski definition) is 1. The molecule has 0 saturated carbocycles. The van der Waals surface area contributed by atoms with Crippen molar-refractivity contribution in [1.82, 2.24) is 5.32 Å². The van der Waals surface area contributed by atoms with Crippen LogP contribution in [0.4, 0.5) is 4.39 Å². The lowest BCUT2D eigenvalue weighted by atomic mass is 9.69. The summed E-state index contributed by atoms with van der Waals surface area (Å²) in [6.45, 7) is 2.69. The van der Waals surface area contributed by atoms with Crippen LogP contribution in [-0.2, 0) is 5.41 Å². The molecule has 2 heterocycles. The van der Waals surface area contributed by atoms with E-state index in [0.29, 0.717) is 12.4 Å². The molecule has 0 unspecified atom stereocenters. The van der Waals surface area contributed by atoms with Crippen molar-refractivity contribution in [3.8, 4) is 5.75 Å². The fraction of sp³-hybridized carbons (Fsp3) is 0.538. The van der Waals surface area contributed by atoms with E-state index >= 15 is 0 Å². The first-order chi connectivity index (χ1) is 7.82. The number of hydrogen-bond acceptors (Lipinski definition) is 2. The van der Waals surface area contributed by atoms with Gasteiger partial charge in [0.05, 0.1) is 6.61 Å². The second-order valence-corrected chi connectivity index (χ2v) is 4.75. The highest BCUT2D eigenvalue weighted by atomic mass is 19.1. The van der Waals surface area contributed by atoms with Crippen LogP contribution >= 0.6 is 0 Å². The lowest BCUT2D eigenvalue weighted by Crippen LogP contribution is -2.43. The summed E-state index contributed by atoms with van der Waals surface area (Å²) in [5, 5.41) is 3.37. The maximum absolute atomic E-state index is 13.7. The minimum Gasteiger partial charge on any atom is -0.490 e. The van der Waals surface area contributed by atoms with E-state index in [1.807, 2.05) is 6.07 Å². The van der Waals surface area contributed by atoms with Gasteiger partial charge in [-0.2, -0.15) is 0 Å². The highest BCUT2D eigenvalue weighted by molar-refractivity contribution is 5.43. The molecule has 1 N–H and O–H groups in total. The van der Waals surface area contributed by atoms with Gasteiger partial charge < -0.3 is 10.1 Å². The van der Waals surface area contributed by atoms with Crippen LogP contribution in [-0.4, -0.2) is 19.7 Å². The number of benzene rings is 1. The van der Waals surface area contributed by atoms with Crippen molar-refractivity contribution < 1.29 is 9.13 Å². The van der Waals surface area contributed by atoms with Crippen LogP contribution in [0.3, 0.4) is 0 Å². The highest BCUT2D eigenvalue weighted by Gasteiger charge is 2.39. The van der Waals surface area contributed by atoms with Crippen molar-refractivity contribution in [2.75, 3.05) is 19.7 Å². The Morgan fingerprint density at radius 3 is 2.81 bits per heavy atom. The number of ether oxygens (including phenoxy) is 1. The molecule has 3 heteroatoms. The topological polar surface area (TPSA) is 21.3 Å². The van der Waals surface area contributed by atoms with Gasteiger partial charge >= 0.3 is 0 Å². The zero-order valence-electron chi connectivity index (χ0n) is 9.26. The minimum atomic E-state index is -0.213. The molecule has 0 bridgehead atoms. The molecular formula is C13H16FNO. The summed E-state index contributed by atoms with van der Waals surface area (Å²) in [4.78, 5) is 0. The van der Waals surface area contributed by atoms with Gasteiger partial charge in [-0.05, 0) is 38.4 Å². The molecule has 0 radical (unpaired) electrons. The van der Waals surface area contributed by atoms with E-state index in [4.69, 9.17) is 4.74 Å². The molecule has 2 aliphatic rings. The summed E-state index contributed by atoms with van der Waals surface area (Å²) < 4.78 is 19.2. The fourth-order valence-electron chi connectivity index (χ4n) is 2.98. The van der Waals surface area contributed by atoms with Crippen LogP contribution in [0.15, 0.2) is 18.2 Å². The van der Waals surface area contributed by atoms with Crippen molar-refractivity contribution in [1.29, 1.82) is 0 Å². The quantitative estimate of drug-likeness (QED) is 0.725. The molecule has 3 rings (SSSR count). The van der Waals surface area contributed by atoms with Gasteiger partial charge in [-0.3, -0.25) is 0 Å². The van der Waals surface area contributed by atoms with E-state index in [9.17, 15) is 4.39 Å². The molecule has 0 aromatic heterocycles. The van der Waals surface area contributed by atoms with Gasteiger partial charge in [-0.15, -0.1) is 0 Å². The summed E-state index contributed by atoms with van der Waals surface area (Å²) in [6, 6.07) is 5.31. The largest absolute Gasteiger partial charge is 0.490 e. The summed E-state index contributed by atoms with van der Waals surface area (Å²) >= 11 is 0. The van der Waals surface area contributed by atoms with E-state index in [0.717, 1.165) is 37.9 Å². The van der Waals surface area contributed by atoms with Crippen molar-refractivity contribution in [3.05, 3.63) is 29.6 Å². The normalized spacial score (nSPS) is 22.6. The van der Waals surface area contributed by atoms with E-state index in [1.54, 1.807) is 6.07 Å². The molecule has 1 saturated heterocycles. The number of rotatable bonds is 0. The standard InChI is InChI=1S/C13H16FNO/c14-11-3-1-2-10-12(11)16-9-6-13(10)4-7-15-8-5-13/h1-3,15H,4-9H2.